The number of anilines is 1. The summed E-state index contributed by atoms with van der Waals surface area (Å²) in [5.74, 6) is -0.276. The molecule has 1 aromatic carbocycles. The third kappa shape index (κ3) is 3.20. The van der Waals surface area contributed by atoms with Gasteiger partial charge in [-0.15, -0.1) is 0 Å². The minimum absolute atomic E-state index is 0.0662. The summed E-state index contributed by atoms with van der Waals surface area (Å²) < 4.78 is 43.9. The zero-order valence-electron chi connectivity index (χ0n) is 17.3. The molecule has 1 N–H and O–H groups in total. The summed E-state index contributed by atoms with van der Waals surface area (Å²) in [7, 11) is -3.77. The number of H-pyrrole nitrogens is 1. The zero-order chi connectivity index (χ0) is 22.5. The number of pyridine rings is 1. The molecule has 5 rings (SSSR count). The maximum Gasteiger partial charge on any atom is 0.275 e. The van der Waals surface area contributed by atoms with Gasteiger partial charge in [0.15, 0.2) is 5.82 Å². The van der Waals surface area contributed by atoms with Crippen LogP contribution in [-0.2, 0) is 16.4 Å². The number of rotatable bonds is 3. The fourth-order valence-corrected chi connectivity index (χ4v) is 5.86. The summed E-state index contributed by atoms with van der Waals surface area (Å²) in [5.41, 5.74) is 2.06. The van der Waals surface area contributed by atoms with Gasteiger partial charge in [-0.3, -0.25) is 14.2 Å². The lowest BCUT2D eigenvalue weighted by Gasteiger charge is -2.27. The van der Waals surface area contributed by atoms with Crippen LogP contribution in [0.3, 0.4) is 0 Å². The molecule has 2 aliphatic rings. The van der Waals surface area contributed by atoms with Crippen molar-refractivity contribution in [2.75, 3.05) is 10.8 Å². The van der Waals surface area contributed by atoms with Crippen LogP contribution in [0.25, 0.3) is 16.9 Å². The van der Waals surface area contributed by atoms with Crippen molar-refractivity contribution in [1.82, 2.24) is 14.8 Å². The van der Waals surface area contributed by atoms with Crippen LogP contribution in [0.15, 0.2) is 71.2 Å². The average Bonchev–Trinajstić information content (AvgIpc) is 3.00. The smallest absolute Gasteiger partial charge is 0.275 e. The van der Waals surface area contributed by atoms with Gasteiger partial charge in [0, 0.05) is 23.9 Å². The minimum Gasteiger partial charge on any atom is -0.290 e. The number of hydrogen-bond acceptors (Lipinski definition) is 4. The van der Waals surface area contributed by atoms with Crippen molar-refractivity contribution < 1.29 is 12.8 Å². The van der Waals surface area contributed by atoms with Crippen LogP contribution < -0.4 is 9.86 Å². The number of allylic oxidation sites excluding steroid dienone is 3. The molecule has 0 bridgehead atoms. The van der Waals surface area contributed by atoms with Crippen molar-refractivity contribution in [3.8, 4) is 16.9 Å². The molecule has 0 radical (unpaired) electrons. The van der Waals surface area contributed by atoms with Crippen molar-refractivity contribution in [2.45, 2.75) is 25.0 Å². The number of sulfonamides is 1. The third-order valence-electron chi connectivity index (χ3n) is 5.87. The number of benzene rings is 1. The SMILES string of the molecule is CC1=CCC(S(=O)(=O)N2CCc3c([nH]n(-c4ccccc4F)c3=O)-c3cccnc32)C=C1. The van der Waals surface area contributed by atoms with E-state index < -0.39 is 26.6 Å². The van der Waals surface area contributed by atoms with E-state index in [4.69, 9.17) is 0 Å². The molecule has 2 aromatic heterocycles. The van der Waals surface area contributed by atoms with E-state index >= 15 is 0 Å². The van der Waals surface area contributed by atoms with Gasteiger partial charge in [-0.25, -0.2) is 22.5 Å². The molecular weight excluding hydrogens is 431 g/mol. The molecule has 7 nitrogen and oxygen atoms in total. The molecule has 0 spiro atoms. The Morgan fingerprint density at radius 2 is 2.00 bits per heavy atom. The molecule has 164 valence electrons. The van der Waals surface area contributed by atoms with E-state index in [0.29, 0.717) is 23.2 Å². The Morgan fingerprint density at radius 3 is 2.75 bits per heavy atom. The molecule has 0 saturated heterocycles. The molecule has 3 aromatic rings. The number of hydrogen-bond donors (Lipinski definition) is 1. The van der Waals surface area contributed by atoms with Crippen LogP contribution in [0.1, 0.15) is 18.9 Å². The fourth-order valence-electron chi connectivity index (χ4n) is 4.18. The topological polar surface area (TPSA) is 88.1 Å². The second kappa shape index (κ2) is 7.59. The van der Waals surface area contributed by atoms with Gasteiger partial charge in [-0.2, -0.15) is 0 Å². The van der Waals surface area contributed by atoms with Gasteiger partial charge < -0.3 is 0 Å². The molecule has 1 aliphatic heterocycles. The second-order valence-electron chi connectivity index (χ2n) is 7.88. The highest BCUT2D eigenvalue weighted by Gasteiger charge is 2.36. The molecule has 1 atom stereocenters. The van der Waals surface area contributed by atoms with Crippen molar-refractivity contribution in [2.24, 2.45) is 0 Å². The van der Waals surface area contributed by atoms with Gasteiger partial charge >= 0.3 is 0 Å². The van der Waals surface area contributed by atoms with Crippen LogP contribution in [0.2, 0.25) is 0 Å². The largest absolute Gasteiger partial charge is 0.290 e. The molecule has 1 unspecified atom stereocenters. The van der Waals surface area contributed by atoms with Crippen LogP contribution in [0, 0.1) is 5.82 Å². The summed E-state index contributed by atoms with van der Waals surface area (Å²) in [4.78, 5) is 17.5. The Balaban J connectivity index is 1.64. The second-order valence-corrected chi connectivity index (χ2v) is 9.96. The first-order chi connectivity index (χ1) is 15.4. The Hall–Kier alpha value is -3.46. The molecule has 0 saturated carbocycles. The first-order valence-electron chi connectivity index (χ1n) is 10.3. The first kappa shape index (κ1) is 20.4. The molecule has 3 heterocycles. The number of fused-ring (bicyclic) bond motifs is 3. The van der Waals surface area contributed by atoms with E-state index in [9.17, 15) is 17.6 Å². The minimum atomic E-state index is -3.77. The maximum absolute atomic E-state index is 14.4. The van der Waals surface area contributed by atoms with Crippen molar-refractivity contribution in [1.29, 1.82) is 0 Å². The highest BCUT2D eigenvalue weighted by atomic mass is 32.2. The van der Waals surface area contributed by atoms with Gasteiger partial charge in [0.1, 0.15) is 16.8 Å². The highest BCUT2D eigenvalue weighted by Crippen LogP contribution is 2.36. The molecular formula is C23H21FN4O3S. The summed E-state index contributed by atoms with van der Waals surface area (Å²) in [6.07, 6.45) is 7.48. The zero-order valence-corrected chi connectivity index (χ0v) is 18.1. The van der Waals surface area contributed by atoms with Gasteiger partial charge in [0.05, 0.1) is 5.69 Å². The predicted octanol–water partition coefficient (Wildman–Crippen LogP) is 3.33. The Bertz CT molecular complexity index is 1440. The lowest BCUT2D eigenvalue weighted by Crippen LogP contribution is -2.40. The molecule has 0 amide bonds. The number of nitrogens with one attached hydrogen (secondary N) is 1. The van der Waals surface area contributed by atoms with E-state index in [1.165, 1.54) is 27.3 Å². The van der Waals surface area contributed by atoms with Crippen molar-refractivity contribution in [3.05, 3.63) is 88.1 Å². The van der Waals surface area contributed by atoms with E-state index in [1.54, 1.807) is 36.4 Å². The molecule has 32 heavy (non-hydrogen) atoms. The van der Waals surface area contributed by atoms with Crippen LogP contribution in [0.5, 0.6) is 0 Å². The Labute approximate surface area is 184 Å². The first-order valence-corrected chi connectivity index (χ1v) is 11.8. The number of aromatic nitrogens is 3. The summed E-state index contributed by atoms with van der Waals surface area (Å²) in [6.45, 7) is 1.99. The van der Waals surface area contributed by atoms with Crippen LogP contribution >= 0.6 is 0 Å². The van der Waals surface area contributed by atoms with E-state index in [0.717, 1.165) is 5.57 Å². The van der Waals surface area contributed by atoms with Crippen molar-refractivity contribution >= 4 is 15.8 Å². The number of aromatic amines is 1. The Morgan fingerprint density at radius 1 is 1.19 bits per heavy atom. The summed E-state index contributed by atoms with van der Waals surface area (Å²) in [5, 5.41) is 2.29. The number of nitrogens with zero attached hydrogens (tertiary/aromatic N) is 3. The van der Waals surface area contributed by atoms with Gasteiger partial charge in [0.2, 0.25) is 10.0 Å². The normalized spacial score (nSPS) is 18.0. The Kier molecular flexibility index (Phi) is 4.85. The average molecular weight is 453 g/mol. The fraction of sp³-hybridized carbons (Fsp3) is 0.217. The molecule has 0 fully saturated rings. The standard InChI is InChI=1S/C23H21FN4O3S/c1-15-8-10-16(11-9-15)32(30,31)27-14-12-18-21(17-5-4-13-25-22(17)27)26-28(23(18)29)20-7-3-2-6-19(20)24/h2-10,13,16,26H,11-12,14H2,1H3. The van der Waals surface area contributed by atoms with Crippen LogP contribution in [0.4, 0.5) is 10.2 Å². The van der Waals surface area contributed by atoms with E-state index in [1.807, 2.05) is 13.0 Å². The number of para-hydroxylation sites is 1. The summed E-state index contributed by atoms with van der Waals surface area (Å²) >= 11 is 0. The monoisotopic (exact) mass is 452 g/mol. The van der Waals surface area contributed by atoms with Crippen LogP contribution in [-0.4, -0.2) is 35.0 Å². The van der Waals surface area contributed by atoms with Gasteiger partial charge in [-0.05, 0) is 44.0 Å². The lowest BCUT2D eigenvalue weighted by atomic mass is 10.1. The molecule has 9 heteroatoms. The number of halogens is 1. The van der Waals surface area contributed by atoms with E-state index in [2.05, 4.69) is 10.1 Å². The van der Waals surface area contributed by atoms with Gasteiger partial charge in [0.25, 0.3) is 5.56 Å². The van der Waals surface area contributed by atoms with E-state index in [-0.39, 0.29) is 24.5 Å². The maximum atomic E-state index is 14.4. The molecule has 1 aliphatic carbocycles. The summed E-state index contributed by atoms with van der Waals surface area (Å²) in [6, 6.07) is 9.40. The highest BCUT2D eigenvalue weighted by molar-refractivity contribution is 7.93. The van der Waals surface area contributed by atoms with Gasteiger partial charge in [-0.1, -0.05) is 35.9 Å². The predicted molar refractivity (Wildman–Crippen MR) is 121 cm³/mol. The third-order valence-corrected chi connectivity index (χ3v) is 7.96. The lowest BCUT2D eigenvalue weighted by molar-refractivity contribution is 0.582. The quantitative estimate of drug-likeness (QED) is 0.660. The van der Waals surface area contributed by atoms with Crippen molar-refractivity contribution in [3.63, 3.8) is 0 Å².